The van der Waals surface area contributed by atoms with Crippen LogP contribution in [0.2, 0.25) is 5.02 Å². The Bertz CT molecular complexity index is 971. The maximum atomic E-state index is 11.6. The number of carboxylic acid groups (broad SMARTS) is 1. The summed E-state index contributed by atoms with van der Waals surface area (Å²) < 4.78 is 6.09. The first-order chi connectivity index (χ1) is 13.5. The highest BCUT2D eigenvalue weighted by molar-refractivity contribution is 6.31. The number of carbonyl (C=O) groups is 1. The fourth-order valence-electron chi connectivity index (χ4n) is 3.22. The lowest BCUT2D eigenvalue weighted by Crippen LogP contribution is -2.40. The summed E-state index contributed by atoms with van der Waals surface area (Å²) in [5.74, 6) is -0.159. The first-order valence-electron chi connectivity index (χ1n) is 9.30. The first-order valence-corrected chi connectivity index (χ1v) is 9.68. The molecule has 0 saturated heterocycles. The highest BCUT2D eigenvalue weighted by Crippen LogP contribution is 2.29. The van der Waals surface area contributed by atoms with Gasteiger partial charge in [-0.2, -0.15) is 0 Å². The molecule has 146 valence electrons. The molecule has 2 N–H and O–H groups in total. The van der Waals surface area contributed by atoms with Crippen molar-refractivity contribution in [3.05, 3.63) is 76.8 Å². The number of hydrogen-bond donors (Lipinski definition) is 2. The number of rotatable bonds is 8. The highest BCUT2D eigenvalue weighted by Gasteiger charge is 2.21. The zero-order valence-corrected chi connectivity index (χ0v) is 16.7. The van der Waals surface area contributed by atoms with E-state index in [2.05, 4.69) is 5.32 Å². The lowest BCUT2D eigenvalue weighted by molar-refractivity contribution is -0.140. The molecule has 28 heavy (non-hydrogen) atoms. The van der Waals surface area contributed by atoms with E-state index >= 15 is 0 Å². The van der Waals surface area contributed by atoms with Crippen molar-refractivity contribution < 1.29 is 14.6 Å². The van der Waals surface area contributed by atoms with Crippen LogP contribution in [0.15, 0.2) is 60.7 Å². The van der Waals surface area contributed by atoms with E-state index in [-0.39, 0.29) is 5.92 Å². The maximum absolute atomic E-state index is 11.6. The number of ether oxygens (including phenoxy) is 1. The van der Waals surface area contributed by atoms with Crippen molar-refractivity contribution in [1.82, 2.24) is 5.32 Å². The molecule has 4 nitrogen and oxygen atoms in total. The average Bonchev–Trinajstić information content (AvgIpc) is 2.67. The molecular formula is C23H24ClNO3. The predicted octanol–water partition coefficient (Wildman–Crippen LogP) is 5.27. The van der Waals surface area contributed by atoms with Gasteiger partial charge in [0.1, 0.15) is 18.4 Å². The zero-order chi connectivity index (χ0) is 20.1. The molecule has 3 aromatic carbocycles. The Morgan fingerprint density at radius 1 is 1.07 bits per heavy atom. The van der Waals surface area contributed by atoms with Gasteiger partial charge in [0.25, 0.3) is 0 Å². The Hall–Kier alpha value is -2.56. The van der Waals surface area contributed by atoms with Gasteiger partial charge >= 0.3 is 5.97 Å². The number of fused-ring (bicyclic) bond motifs is 1. The zero-order valence-electron chi connectivity index (χ0n) is 16.0. The fraction of sp³-hybridized carbons (Fsp3) is 0.261. The molecule has 5 heteroatoms. The second kappa shape index (κ2) is 9.09. The molecule has 0 radical (unpaired) electrons. The second-order valence-corrected chi connectivity index (χ2v) is 7.49. The number of hydrogen-bond acceptors (Lipinski definition) is 3. The predicted molar refractivity (Wildman–Crippen MR) is 113 cm³/mol. The Balaban J connectivity index is 1.90. The summed E-state index contributed by atoms with van der Waals surface area (Å²) in [5, 5.41) is 15.4. The van der Waals surface area contributed by atoms with Crippen LogP contribution in [-0.2, 0) is 17.9 Å². The molecule has 0 aliphatic heterocycles. The van der Waals surface area contributed by atoms with Gasteiger partial charge in [-0.05, 0) is 28.8 Å². The Morgan fingerprint density at radius 3 is 2.50 bits per heavy atom. The van der Waals surface area contributed by atoms with E-state index in [9.17, 15) is 9.90 Å². The largest absolute Gasteiger partial charge is 0.488 e. The molecule has 1 atom stereocenters. The van der Waals surface area contributed by atoms with Gasteiger partial charge in [0.05, 0.1) is 0 Å². The molecule has 0 fully saturated rings. The van der Waals surface area contributed by atoms with E-state index in [4.69, 9.17) is 16.3 Å². The minimum absolute atomic E-state index is 0.0278. The summed E-state index contributed by atoms with van der Waals surface area (Å²) in [6.45, 7) is 4.53. The van der Waals surface area contributed by atoms with E-state index < -0.39 is 12.0 Å². The van der Waals surface area contributed by atoms with Crippen molar-refractivity contribution in [1.29, 1.82) is 0 Å². The normalized spacial score (nSPS) is 12.3. The van der Waals surface area contributed by atoms with Crippen molar-refractivity contribution in [2.75, 3.05) is 0 Å². The van der Waals surface area contributed by atoms with E-state index in [1.54, 1.807) is 0 Å². The lowest BCUT2D eigenvalue weighted by atomic mass is 10.0. The fourth-order valence-corrected chi connectivity index (χ4v) is 3.41. The van der Waals surface area contributed by atoms with Gasteiger partial charge < -0.3 is 9.84 Å². The van der Waals surface area contributed by atoms with Crippen molar-refractivity contribution >= 4 is 28.3 Å². The van der Waals surface area contributed by atoms with Crippen LogP contribution in [0.1, 0.15) is 25.0 Å². The van der Waals surface area contributed by atoms with Crippen molar-refractivity contribution in [3.8, 4) is 5.75 Å². The topological polar surface area (TPSA) is 58.6 Å². The minimum Gasteiger partial charge on any atom is -0.488 e. The first kappa shape index (κ1) is 20.2. The molecule has 0 spiro atoms. The van der Waals surface area contributed by atoms with Crippen LogP contribution in [0.25, 0.3) is 10.8 Å². The number of carboxylic acids is 1. The van der Waals surface area contributed by atoms with Crippen LogP contribution in [0.5, 0.6) is 5.75 Å². The number of halogens is 1. The molecule has 0 aliphatic rings. The Morgan fingerprint density at radius 2 is 1.79 bits per heavy atom. The molecule has 0 heterocycles. The van der Waals surface area contributed by atoms with Gasteiger partial charge in [0, 0.05) is 22.7 Å². The van der Waals surface area contributed by atoms with Gasteiger partial charge in [-0.25, -0.2) is 0 Å². The minimum atomic E-state index is -0.853. The van der Waals surface area contributed by atoms with Crippen LogP contribution in [0.4, 0.5) is 0 Å². The molecule has 1 unspecified atom stereocenters. The molecule has 0 aromatic heterocycles. The van der Waals surface area contributed by atoms with Gasteiger partial charge in [0.2, 0.25) is 0 Å². The third-order valence-electron chi connectivity index (χ3n) is 4.77. The second-order valence-electron chi connectivity index (χ2n) is 7.08. The SMILES string of the molecule is CC(C)C(NCc1c(OCc2ccccc2Cl)ccc2ccccc12)C(=O)O. The summed E-state index contributed by atoms with van der Waals surface area (Å²) in [6.07, 6.45) is 0. The smallest absolute Gasteiger partial charge is 0.320 e. The van der Waals surface area contributed by atoms with E-state index in [0.717, 1.165) is 27.6 Å². The summed E-state index contributed by atoms with van der Waals surface area (Å²) in [6, 6.07) is 18.9. The quantitative estimate of drug-likeness (QED) is 0.543. The van der Waals surface area contributed by atoms with Crippen LogP contribution in [-0.4, -0.2) is 17.1 Å². The average molecular weight is 398 g/mol. The molecule has 0 aliphatic carbocycles. The van der Waals surface area contributed by atoms with E-state index in [0.29, 0.717) is 18.2 Å². The summed E-state index contributed by atoms with van der Waals surface area (Å²) in [7, 11) is 0. The van der Waals surface area contributed by atoms with E-state index in [1.165, 1.54) is 0 Å². The van der Waals surface area contributed by atoms with Crippen molar-refractivity contribution in [2.45, 2.75) is 33.0 Å². The van der Waals surface area contributed by atoms with Crippen molar-refractivity contribution in [3.63, 3.8) is 0 Å². The molecule has 3 rings (SSSR count). The lowest BCUT2D eigenvalue weighted by Gasteiger charge is -2.20. The molecule has 0 amide bonds. The van der Waals surface area contributed by atoms with Crippen LogP contribution >= 0.6 is 11.6 Å². The van der Waals surface area contributed by atoms with Crippen LogP contribution < -0.4 is 10.1 Å². The number of nitrogens with one attached hydrogen (secondary N) is 1. The van der Waals surface area contributed by atoms with E-state index in [1.807, 2.05) is 74.5 Å². The van der Waals surface area contributed by atoms with Gasteiger partial charge in [-0.1, -0.05) is 74.0 Å². The van der Waals surface area contributed by atoms with Crippen LogP contribution in [0, 0.1) is 5.92 Å². The standard InChI is InChI=1S/C23H24ClNO3/c1-15(2)22(23(26)27)25-13-19-18-9-5-3-7-16(18)11-12-21(19)28-14-17-8-4-6-10-20(17)24/h3-12,15,22,25H,13-14H2,1-2H3,(H,26,27). The molecule has 3 aromatic rings. The van der Waals surface area contributed by atoms with Crippen LogP contribution in [0.3, 0.4) is 0 Å². The van der Waals surface area contributed by atoms with Gasteiger partial charge in [0.15, 0.2) is 0 Å². The summed E-state index contributed by atoms with van der Waals surface area (Å²) >= 11 is 6.24. The highest BCUT2D eigenvalue weighted by atomic mass is 35.5. The van der Waals surface area contributed by atoms with Crippen molar-refractivity contribution in [2.24, 2.45) is 5.92 Å². The molecule has 0 bridgehead atoms. The molecule has 0 saturated carbocycles. The number of aliphatic carboxylic acids is 1. The Labute approximate surface area is 170 Å². The van der Waals surface area contributed by atoms with Gasteiger partial charge in [-0.3, -0.25) is 10.1 Å². The maximum Gasteiger partial charge on any atom is 0.320 e. The monoisotopic (exact) mass is 397 g/mol. The third-order valence-corrected chi connectivity index (χ3v) is 5.14. The molecular weight excluding hydrogens is 374 g/mol. The summed E-state index contributed by atoms with van der Waals surface area (Å²) in [5.41, 5.74) is 1.85. The van der Waals surface area contributed by atoms with Gasteiger partial charge in [-0.15, -0.1) is 0 Å². The Kier molecular flexibility index (Phi) is 6.55. The third kappa shape index (κ3) is 4.64. The summed E-state index contributed by atoms with van der Waals surface area (Å²) in [4.78, 5) is 11.6. The number of benzene rings is 3.